The first-order valence-corrected chi connectivity index (χ1v) is 43.3. The third-order valence-corrected chi connectivity index (χ3v) is 20.0. The molecule has 3 N–H and O–H groups in total. The van der Waals surface area contributed by atoms with Crippen LogP contribution in [0, 0.1) is 0 Å². The van der Waals surface area contributed by atoms with Crippen molar-refractivity contribution < 1.29 is 80.2 Å². The van der Waals surface area contributed by atoms with Crippen LogP contribution in [0.5, 0.6) is 0 Å². The molecule has 0 heterocycles. The number of phosphoric ester groups is 2. The number of carbonyl (C=O) groups is 4. The van der Waals surface area contributed by atoms with Crippen LogP contribution in [0.25, 0.3) is 0 Å². The topological polar surface area (TPSA) is 237 Å². The van der Waals surface area contributed by atoms with Crippen LogP contribution in [-0.4, -0.2) is 96.7 Å². The fourth-order valence-electron chi connectivity index (χ4n) is 11.9. The molecule has 0 aliphatic rings. The number of aliphatic hydroxyl groups excluding tert-OH is 1. The van der Waals surface area contributed by atoms with Gasteiger partial charge >= 0.3 is 39.5 Å². The Labute approximate surface area is 588 Å². The van der Waals surface area contributed by atoms with Gasteiger partial charge in [-0.25, -0.2) is 9.13 Å². The lowest BCUT2D eigenvalue weighted by atomic mass is 10.0. The fraction of sp³-hybridized carbons (Fsp3) is 0.948. The molecule has 2 unspecified atom stereocenters. The number of rotatable bonds is 78. The van der Waals surface area contributed by atoms with E-state index in [-0.39, 0.29) is 25.7 Å². The normalized spacial score (nSPS) is 13.9. The Bertz CT molecular complexity index is 1830. The molecule has 96 heavy (non-hydrogen) atoms. The molecule has 0 saturated carbocycles. The number of carbonyl (C=O) groups excluding carboxylic acids is 4. The van der Waals surface area contributed by atoms with E-state index in [0.717, 1.165) is 109 Å². The van der Waals surface area contributed by atoms with E-state index in [4.69, 9.17) is 37.0 Å². The Morgan fingerprint density at radius 3 is 0.615 bits per heavy atom. The highest BCUT2D eigenvalue weighted by atomic mass is 31.2. The first-order valence-electron chi connectivity index (χ1n) is 40.3. The van der Waals surface area contributed by atoms with Crippen LogP contribution >= 0.6 is 15.6 Å². The number of unbranched alkanes of at least 4 members (excludes halogenated alkanes) is 52. The second kappa shape index (κ2) is 71.5. The van der Waals surface area contributed by atoms with Gasteiger partial charge in [-0.05, 0) is 25.7 Å². The van der Waals surface area contributed by atoms with Gasteiger partial charge in [0.05, 0.1) is 26.4 Å². The molecule has 0 aromatic heterocycles. The predicted molar refractivity (Wildman–Crippen MR) is 391 cm³/mol. The van der Waals surface area contributed by atoms with Gasteiger partial charge in [-0.3, -0.25) is 37.3 Å². The minimum atomic E-state index is -4.96. The van der Waals surface area contributed by atoms with Gasteiger partial charge < -0.3 is 33.8 Å². The molecular weight excluding hydrogens is 1260 g/mol. The summed E-state index contributed by atoms with van der Waals surface area (Å²) in [5.74, 6) is -2.12. The third-order valence-electron chi connectivity index (χ3n) is 18.1. The Morgan fingerprint density at radius 1 is 0.250 bits per heavy atom. The van der Waals surface area contributed by atoms with Crippen molar-refractivity contribution in [1.29, 1.82) is 0 Å². The van der Waals surface area contributed by atoms with Crippen LogP contribution in [0.1, 0.15) is 413 Å². The summed E-state index contributed by atoms with van der Waals surface area (Å²) in [5.41, 5.74) is 0. The van der Waals surface area contributed by atoms with E-state index in [1.165, 1.54) is 225 Å². The number of hydrogen-bond acceptors (Lipinski definition) is 15. The van der Waals surface area contributed by atoms with E-state index < -0.39 is 97.5 Å². The van der Waals surface area contributed by atoms with Gasteiger partial charge in [0.1, 0.15) is 19.3 Å². The lowest BCUT2D eigenvalue weighted by Crippen LogP contribution is -2.30. The molecule has 0 saturated heterocycles. The summed E-state index contributed by atoms with van der Waals surface area (Å²) >= 11 is 0. The quantitative estimate of drug-likeness (QED) is 0.0222. The van der Waals surface area contributed by atoms with Gasteiger partial charge in [-0.2, -0.15) is 0 Å². The molecule has 570 valence electrons. The minimum Gasteiger partial charge on any atom is -0.462 e. The zero-order valence-corrected chi connectivity index (χ0v) is 64.1. The Kier molecular flexibility index (Phi) is 70.0. The lowest BCUT2D eigenvalue weighted by molar-refractivity contribution is -0.161. The lowest BCUT2D eigenvalue weighted by Gasteiger charge is -2.21. The molecule has 0 aliphatic carbocycles. The summed E-state index contributed by atoms with van der Waals surface area (Å²) in [6.45, 7) is 4.91. The summed E-state index contributed by atoms with van der Waals surface area (Å²) in [4.78, 5) is 72.5. The van der Waals surface area contributed by atoms with Crippen LogP contribution < -0.4 is 0 Å². The van der Waals surface area contributed by atoms with E-state index in [2.05, 4.69) is 27.7 Å². The molecule has 0 radical (unpaired) electrons. The number of hydrogen-bond donors (Lipinski definition) is 3. The van der Waals surface area contributed by atoms with Crippen molar-refractivity contribution in [3.05, 3.63) is 0 Å². The van der Waals surface area contributed by atoms with Crippen molar-refractivity contribution >= 4 is 39.5 Å². The summed E-state index contributed by atoms with van der Waals surface area (Å²) in [5, 5.41) is 10.6. The van der Waals surface area contributed by atoms with Crippen molar-refractivity contribution in [1.82, 2.24) is 0 Å². The minimum absolute atomic E-state index is 0.105. The highest BCUT2D eigenvalue weighted by molar-refractivity contribution is 7.47. The van der Waals surface area contributed by atoms with E-state index in [1.54, 1.807) is 0 Å². The van der Waals surface area contributed by atoms with E-state index >= 15 is 0 Å². The summed E-state index contributed by atoms with van der Waals surface area (Å²) in [7, 11) is -9.90. The standard InChI is InChI=1S/C77H150O17P2/c1-5-9-13-17-21-24-26-28-30-32-34-35-36-38-40-42-44-46-48-52-56-60-64-77(82)94-73(68-88-75(80)62-58-54-51-47-45-43-41-39-37-33-31-29-27-25-22-18-14-10-6-2)70-92-96(85,86)90-66-71(78)65-89-95(83,84)91-69-72(67-87-74(79)61-57-53-49-20-16-12-8-4)93-76(81)63-59-55-50-23-19-15-11-7-3/h71-73,78H,5-70H2,1-4H3,(H,83,84)(H,85,86)/t71-,72+,73+/m0/s1. The fourth-order valence-corrected chi connectivity index (χ4v) is 13.5. The highest BCUT2D eigenvalue weighted by Gasteiger charge is 2.30. The van der Waals surface area contributed by atoms with Gasteiger partial charge in [0.15, 0.2) is 12.2 Å². The third kappa shape index (κ3) is 70.5. The van der Waals surface area contributed by atoms with Crippen molar-refractivity contribution in [2.45, 2.75) is 431 Å². The second-order valence-electron chi connectivity index (χ2n) is 27.7. The smallest absolute Gasteiger partial charge is 0.462 e. The van der Waals surface area contributed by atoms with Crippen molar-refractivity contribution in [3.8, 4) is 0 Å². The first-order chi connectivity index (χ1) is 46.7. The number of aliphatic hydroxyl groups is 1. The van der Waals surface area contributed by atoms with E-state index in [1.807, 2.05) is 0 Å². The van der Waals surface area contributed by atoms with Crippen LogP contribution in [0.4, 0.5) is 0 Å². The maximum absolute atomic E-state index is 13.1. The zero-order chi connectivity index (χ0) is 70.4. The monoisotopic (exact) mass is 1410 g/mol. The van der Waals surface area contributed by atoms with Gasteiger partial charge in [0.2, 0.25) is 0 Å². The van der Waals surface area contributed by atoms with E-state index in [0.29, 0.717) is 25.7 Å². The molecule has 0 fully saturated rings. The van der Waals surface area contributed by atoms with Gasteiger partial charge in [0.25, 0.3) is 0 Å². The number of esters is 4. The Morgan fingerprint density at radius 2 is 0.417 bits per heavy atom. The molecule has 19 heteroatoms. The Hall–Kier alpha value is -1.94. The molecular formula is C77H150O17P2. The molecule has 0 spiro atoms. The zero-order valence-electron chi connectivity index (χ0n) is 62.4. The summed E-state index contributed by atoms with van der Waals surface area (Å²) in [6.07, 6.45) is 63.0. The first kappa shape index (κ1) is 94.1. The highest BCUT2D eigenvalue weighted by Crippen LogP contribution is 2.45. The molecule has 0 aromatic carbocycles. The van der Waals surface area contributed by atoms with Crippen LogP contribution in [0.15, 0.2) is 0 Å². The summed E-state index contributed by atoms with van der Waals surface area (Å²) < 4.78 is 68.3. The molecule has 0 amide bonds. The van der Waals surface area contributed by atoms with Crippen molar-refractivity contribution in [3.63, 3.8) is 0 Å². The van der Waals surface area contributed by atoms with E-state index in [9.17, 15) is 43.2 Å². The SMILES string of the molecule is CCCCCCCCCCCCCCCCCCCCCCCCC(=O)O[C@H](COC(=O)CCCCCCCCCCCCCCCCCCCCC)COP(=O)(O)OC[C@@H](O)COP(=O)(O)OC[C@@H](COC(=O)CCCCCCCCC)OC(=O)CCCCCCCCCC. The molecule has 5 atom stereocenters. The maximum Gasteiger partial charge on any atom is 0.472 e. The number of phosphoric acid groups is 2. The largest absolute Gasteiger partial charge is 0.472 e. The molecule has 17 nitrogen and oxygen atoms in total. The van der Waals surface area contributed by atoms with Crippen molar-refractivity contribution in [2.24, 2.45) is 0 Å². The second-order valence-corrected chi connectivity index (χ2v) is 30.7. The molecule has 0 rings (SSSR count). The molecule has 0 aliphatic heterocycles. The van der Waals surface area contributed by atoms with Gasteiger partial charge in [0, 0.05) is 25.7 Å². The van der Waals surface area contributed by atoms with Crippen molar-refractivity contribution in [2.75, 3.05) is 39.6 Å². The average Bonchev–Trinajstić information content (AvgIpc) is 3.26. The van der Waals surface area contributed by atoms with Crippen LogP contribution in [0.2, 0.25) is 0 Å². The predicted octanol–water partition coefficient (Wildman–Crippen LogP) is 23.0. The Balaban J connectivity index is 5.10. The maximum atomic E-state index is 13.1. The van der Waals surface area contributed by atoms with Crippen LogP contribution in [-0.2, 0) is 65.4 Å². The molecule has 0 aromatic rings. The summed E-state index contributed by atoms with van der Waals surface area (Å²) in [6, 6.07) is 0. The number of ether oxygens (including phenoxy) is 4. The van der Waals surface area contributed by atoms with Gasteiger partial charge in [-0.15, -0.1) is 0 Å². The average molecular weight is 1410 g/mol. The molecule has 0 bridgehead atoms. The van der Waals surface area contributed by atoms with Crippen LogP contribution in [0.3, 0.4) is 0 Å². The van der Waals surface area contributed by atoms with Gasteiger partial charge in [-0.1, -0.05) is 362 Å².